The van der Waals surface area contributed by atoms with Gasteiger partial charge in [-0.3, -0.25) is 9.69 Å². The summed E-state index contributed by atoms with van der Waals surface area (Å²) < 4.78 is 0. The summed E-state index contributed by atoms with van der Waals surface area (Å²) in [6.07, 6.45) is 3.51. The number of halogens is 1. The lowest BCUT2D eigenvalue weighted by atomic mass is 10.1. The van der Waals surface area contributed by atoms with Crippen LogP contribution in [0.1, 0.15) is 6.92 Å². The molecule has 0 N–H and O–H groups in total. The van der Waals surface area contributed by atoms with Crippen molar-refractivity contribution in [1.82, 2.24) is 19.8 Å². The van der Waals surface area contributed by atoms with Gasteiger partial charge >= 0.3 is 0 Å². The average Bonchev–Trinajstić information content (AvgIpc) is 2.79. The molecule has 1 aromatic heterocycles. The molecule has 3 heterocycles. The summed E-state index contributed by atoms with van der Waals surface area (Å²) in [5, 5.41) is 0.755. The van der Waals surface area contributed by atoms with E-state index >= 15 is 0 Å². The average molecular weight is 415 g/mol. The van der Waals surface area contributed by atoms with E-state index in [0.717, 1.165) is 50.2 Å². The van der Waals surface area contributed by atoms with Gasteiger partial charge in [-0.05, 0) is 37.3 Å². The second kappa shape index (κ2) is 8.97. The van der Waals surface area contributed by atoms with Gasteiger partial charge in [0, 0.05) is 75.5 Å². The van der Waals surface area contributed by atoms with Crippen LogP contribution >= 0.6 is 11.6 Å². The van der Waals surface area contributed by atoms with Gasteiger partial charge in [0.15, 0.2) is 0 Å². The molecular formula is C21H27ClN6O. The van der Waals surface area contributed by atoms with Gasteiger partial charge in [0.05, 0.1) is 6.04 Å². The van der Waals surface area contributed by atoms with Gasteiger partial charge in [0.1, 0.15) is 0 Å². The van der Waals surface area contributed by atoms with E-state index in [4.69, 9.17) is 11.6 Å². The largest absolute Gasteiger partial charge is 0.369 e. The predicted molar refractivity (Wildman–Crippen MR) is 116 cm³/mol. The number of rotatable bonds is 4. The van der Waals surface area contributed by atoms with Gasteiger partial charge in [-0.2, -0.15) is 0 Å². The van der Waals surface area contributed by atoms with E-state index in [2.05, 4.69) is 36.8 Å². The van der Waals surface area contributed by atoms with Crippen LogP contribution in [0.15, 0.2) is 42.7 Å². The molecule has 2 aliphatic rings. The maximum Gasteiger partial charge on any atom is 0.239 e. The smallest absolute Gasteiger partial charge is 0.239 e. The highest BCUT2D eigenvalue weighted by Crippen LogP contribution is 2.20. The highest BCUT2D eigenvalue weighted by Gasteiger charge is 2.30. The minimum atomic E-state index is -0.0955. The van der Waals surface area contributed by atoms with Gasteiger partial charge in [0.25, 0.3) is 0 Å². The normalized spacial score (nSPS) is 19.3. The van der Waals surface area contributed by atoms with Crippen LogP contribution in [0.5, 0.6) is 0 Å². The van der Waals surface area contributed by atoms with Crippen LogP contribution in [0.3, 0.4) is 0 Å². The topological polar surface area (TPSA) is 55.8 Å². The molecule has 0 saturated carbocycles. The Morgan fingerprint density at radius 2 is 1.48 bits per heavy atom. The fourth-order valence-electron chi connectivity index (χ4n) is 4.02. The van der Waals surface area contributed by atoms with Crippen molar-refractivity contribution in [2.75, 3.05) is 62.2 Å². The maximum absolute atomic E-state index is 13.0. The minimum absolute atomic E-state index is 0.0955. The third kappa shape index (κ3) is 4.62. The Kier molecular flexibility index (Phi) is 6.16. The van der Waals surface area contributed by atoms with E-state index in [9.17, 15) is 4.79 Å². The number of hydrogen-bond donors (Lipinski definition) is 0. The molecular weight excluding hydrogens is 388 g/mol. The van der Waals surface area contributed by atoms with Crippen molar-refractivity contribution in [2.45, 2.75) is 13.0 Å². The highest BCUT2D eigenvalue weighted by molar-refractivity contribution is 6.30. The van der Waals surface area contributed by atoms with Gasteiger partial charge in [-0.1, -0.05) is 11.6 Å². The van der Waals surface area contributed by atoms with Crippen LogP contribution in [0.2, 0.25) is 5.02 Å². The Hall–Kier alpha value is -2.38. The molecule has 154 valence electrons. The van der Waals surface area contributed by atoms with Crippen LogP contribution in [-0.4, -0.2) is 84.1 Å². The quantitative estimate of drug-likeness (QED) is 0.762. The maximum atomic E-state index is 13.0. The number of carbonyl (C=O) groups excluding carboxylic acids is 1. The lowest BCUT2D eigenvalue weighted by Gasteiger charge is -2.41. The van der Waals surface area contributed by atoms with Crippen LogP contribution in [0, 0.1) is 0 Å². The van der Waals surface area contributed by atoms with Gasteiger partial charge in [0.2, 0.25) is 11.9 Å². The summed E-state index contributed by atoms with van der Waals surface area (Å²) in [6, 6.07) is 9.69. The Labute approximate surface area is 176 Å². The zero-order valence-corrected chi connectivity index (χ0v) is 17.5. The molecule has 8 heteroatoms. The number of anilines is 2. The zero-order valence-electron chi connectivity index (χ0n) is 16.7. The summed E-state index contributed by atoms with van der Waals surface area (Å²) in [4.78, 5) is 30.4. The molecule has 7 nitrogen and oxygen atoms in total. The SMILES string of the molecule is CC(C(=O)N1CCN(c2ncccn2)CC1)N1CCN(c2ccc(Cl)cc2)CC1. The molecule has 1 amide bonds. The third-order valence-corrected chi connectivity index (χ3v) is 6.09. The van der Waals surface area contributed by atoms with Crippen molar-refractivity contribution in [2.24, 2.45) is 0 Å². The fourth-order valence-corrected chi connectivity index (χ4v) is 4.15. The number of piperazine rings is 2. The first kappa shape index (κ1) is 19.9. The Morgan fingerprint density at radius 3 is 2.10 bits per heavy atom. The van der Waals surface area contributed by atoms with Crippen LogP contribution in [0.4, 0.5) is 11.6 Å². The monoisotopic (exact) mass is 414 g/mol. The molecule has 1 unspecified atom stereocenters. The first-order chi connectivity index (χ1) is 14.1. The van der Waals surface area contributed by atoms with Crippen LogP contribution < -0.4 is 9.80 Å². The number of benzene rings is 1. The molecule has 0 radical (unpaired) electrons. The molecule has 0 bridgehead atoms. The lowest BCUT2D eigenvalue weighted by molar-refractivity contribution is -0.136. The first-order valence-corrected chi connectivity index (χ1v) is 10.5. The molecule has 2 aliphatic heterocycles. The number of aromatic nitrogens is 2. The highest BCUT2D eigenvalue weighted by atomic mass is 35.5. The number of carbonyl (C=O) groups is 1. The minimum Gasteiger partial charge on any atom is -0.369 e. The second-order valence-electron chi connectivity index (χ2n) is 7.54. The van der Waals surface area contributed by atoms with Gasteiger partial charge in [-0.15, -0.1) is 0 Å². The van der Waals surface area contributed by atoms with E-state index in [-0.39, 0.29) is 11.9 Å². The van der Waals surface area contributed by atoms with E-state index in [1.807, 2.05) is 30.0 Å². The zero-order chi connectivity index (χ0) is 20.2. The Bertz CT molecular complexity index is 802. The third-order valence-electron chi connectivity index (χ3n) is 5.84. The summed E-state index contributed by atoms with van der Waals surface area (Å²) in [5.74, 6) is 0.963. The van der Waals surface area contributed by atoms with Crippen molar-refractivity contribution < 1.29 is 4.79 Å². The van der Waals surface area contributed by atoms with Crippen molar-refractivity contribution in [3.63, 3.8) is 0 Å². The molecule has 2 fully saturated rings. The second-order valence-corrected chi connectivity index (χ2v) is 7.97. The molecule has 29 heavy (non-hydrogen) atoms. The van der Waals surface area contributed by atoms with Crippen molar-refractivity contribution in [3.8, 4) is 0 Å². The molecule has 1 aromatic carbocycles. The van der Waals surface area contributed by atoms with Gasteiger partial charge in [-0.25, -0.2) is 9.97 Å². The van der Waals surface area contributed by atoms with Crippen molar-refractivity contribution in [3.05, 3.63) is 47.7 Å². The fraction of sp³-hybridized carbons (Fsp3) is 0.476. The summed E-state index contributed by atoms with van der Waals surface area (Å²) in [6.45, 7) is 8.60. The van der Waals surface area contributed by atoms with Crippen LogP contribution in [-0.2, 0) is 4.79 Å². The number of amides is 1. The van der Waals surface area contributed by atoms with E-state index < -0.39 is 0 Å². The molecule has 2 saturated heterocycles. The molecule has 0 aliphatic carbocycles. The number of nitrogens with zero attached hydrogens (tertiary/aromatic N) is 6. The first-order valence-electron chi connectivity index (χ1n) is 10.2. The van der Waals surface area contributed by atoms with Crippen LogP contribution in [0.25, 0.3) is 0 Å². The van der Waals surface area contributed by atoms with Crippen molar-refractivity contribution >= 4 is 29.1 Å². The van der Waals surface area contributed by atoms with Crippen molar-refractivity contribution in [1.29, 1.82) is 0 Å². The van der Waals surface area contributed by atoms with E-state index in [0.29, 0.717) is 13.1 Å². The standard InChI is InChI=1S/C21H27ClN6O/c1-17(25-9-11-26(12-10-25)19-5-3-18(22)4-6-19)20(29)27-13-15-28(16-14-27)21-23-7-2-8-24-21/h2-8,17H,9-16H2,1H3. The molecule has 1 atom stereocenters. The lowest BCUT2D eigenvalue weighted by Crippen LogP contribution is -2.57. The summed E-state index contributed by atoms with van der Waals surface area (Å²) in [7, 11) is 0. The summed E-state index contributed by atoms with van der Waals surface area (Å²) >= 11 is 5.99. The Balaban J connectivity index is 1.27. The Morgan fingerprint density at radius 1 is 0.897 bits per heavy atom. The predicted octanol–water partition coefficient (Wildman–Crippen LogP) is 1.99. The number of hydrogen-bond acceptors (Lipinski definition) is 6. The molecule has 2 aromatic rings. The van der Waals surface area contributed by atoms with Gasteiger partial charge < -0.3 is 14.7 Å². The molecule has 0 spiro atoms. The van der Waals surface area contributed by atoms with E-state index in [1.165, 1.54) is 5.69 Å². The summed E-state index contributed by atoms with van der Waals surface area (Å²) in [5.41, 5.74) is 1.19. The molecule has 4 rings (SSSR count). The van der Waals surface area contributed by atoms with E-state index in [1.54, 1.807) is 12.4 Å².